The summed E-state index contributed by atoms with van der Waals surface area (Å²) in [5.74, 6) is 0. The number of rotatable bonds is 9. The number of hydrogen-bond acceptors (Lipinski definition) is 2. The summed E-state index contributed by atoms with van der Waals surface area (Å²) in [5.41, 5.74) is -0.526. The number of aliphatic hydroxyl groups is 1. The van der Waals surface area contributed by atoms with Gasteiger partial charge >= 0.3 is 0 Å². The van der Waals surface area contributed by atoms with Gasteiger partial charge in [-0.05, 0) is 13.3 Å². The minimum atomic E-state index is -0.526. The first-order valence-electron chi connectivity index (χ1n) is 7.53. The predicted molar refractivity (Wildman–Crippen MR) is 72.2 cm³/mol. The van der Waals surface area contributed by atoms with E-state index in [4.69, 9.17) is 4.74 Å². The van der Waals surface area contributed by atoms with E-state index in [9.17, 15) is 5.11 Å². The Bertz CT molecular complexity index is 193. The highest BCUT2D eigenvalue weighted by Gasteiger charge is 2.38. The third-order valence-corrected chi connectivity index (χ3v) is 4.12. The fourth-order valence-electron chi connectivity index (χ4n) is 2.66. The maximum absolute atomic E-state index is 10.3. The van der Waals surface area contributed by atoms with E-state index < -0.39 is 5.60 Å². The van der Waals surface area contributed by atoms with Gasteiger partial charge < -0.3 is 9.84 Å². The number of ether oxygens (including phenoxy) is 1. The summed E-state index contributed by atoms with van der Waals surface area (Å²) < 4.78 is 5.44. The van der Waals surface area contributed by atoms with Crippen LogP contribution in [0.2, 0.25) is 0 Å². The molecular formula is C15H30O2. The summed E-state index contributed by atoms with van der Waals surface area (Å²) in [4.78, 5) is 0. The molecule has 1 aliphatic heterocycles. The molecule has 1 heterocycles. The number of unbranched alkanes of at least 4 members (excludes halogenated alkanes) is 7. The Morgan fingerprint density at radius 1 is 1.06 bits per heavy atom. The van der Waals surface area contributed by atoms with Crippen molar-refractivity contribution in [3.05, 3.63) is 0 Å². The van der Waals surface area contributed by atoms with Gasteiger partial charge in [-0.1, -0.05) is 58.3 Å². The monoisotopic (exact) mass is 242 g/mol. The quantitative estimate of drug-likeness (QED) is 0.618. The fraction of sp³-hybridized carbons (Fsp3) is 1.00. The molecule has 2 heteroatoms. The predicted octanol–water partition coefficient (Wildman–Crippen LogP) is 4.06. The second kappa shape index (κ2) is 8.10. The van der Waals surface area contributed by atoms with Crippen molar-refractivity contribution in [2.24, 2.45) is 0 Å². The Kier molecular flexibility index (Phi) is 7.14. The first kappa shape index (κ1) is 15.0. The molecule has 1 rings (SSSR count). The highest BCUT2D eigenvalue weighted by atomic mass is 16.5. The molecular weight excluding hydrogens is 212 g/mol. The van der Waals surface area contributed by atoms with Crippen molar-refractivity contribution < 1.29 is 9.84 Å². The van der Waals surface area contributed by atoms with Crippen molar-refractivity contribution in [1.82, 2.24) is 0 Å². The van der Waals surface area contributed by atoms with E-state index in [0.717, 1.165) is 25.9 Å². The second-order valence-corrected chi connectivity index (χ2v) is 5.59. The lowest BCUT2D eigenvalue weighted by molar-refractivity contribution is -0.0345. The van der Waals surface area contributed by atoms with Crippen LogP contribution >= 0.6 is 0 Å². The van der Waals surface area contributed by atoms with Crippen LogP contribution in [-0.4, -0.2) is 23.4 Å². The van der Waals surface area contributed by atoms with E-state index in [1.807, 2.05) is 6.92 Å². The van der Waals surface area contributed by atoms with Gasteiger partial charge in [-0.15, -0.1) is 0 Å². The van der Waals surface area contributed by atoms with Crippen molar-refractivity contribution in [2.45, 2.75) is 89.8 Å². The molecule has 1 saturated heterocycles. The van der Waals surface area contributed by atoms with E-state index in [1.54, 1.807) is 0 Å². The molecule has 0 saturated carbocycles. The Hall–Kier alpha value is -0.0800. The van der Waals surface area contributed by atoms with Crippen LogP contribution in [-0.2, 0) is 4.74 Å². The average Bonchev–Trinajstić information content (AvgIpc) is 2.63. The normalized spacial score (nSPS) is 28.8. The van der Waals surface area contributed by atoms with Gasteiger partial charge in [0.1, 0.15) is 0 Å². The van der Waals surface area contributed by atoms with E-state index in [1.165, 1.54) is 44.9 Å². The van der Waals surface area contributed by atoms with Crippen LogP contribution in [0.3, 0.4) is 0 Å². The molecule has 17 heavy (non-hydrogen) atoms. The largest absolute Gasteiger partial charge is 0.387 e. The molecule has 0 radical (unpaired) electrons. The summed E-state index contributed by atoms with van der Waals surface area (Å²) >= 11 is 0. The first-order valence-corrected chi connectivity index (χ1v) is 7.53. The Balaban J connectivity index is 1.93. The minimum absolute atomic E-state index is 0.0343. The van der Waals surface area contributed by atoms with Crippen LogP contribution in [0.5, 0.6) is 0 Å². The van der Waals surface area contributed by atoms with Crippen molar-refractivity contribution in [2.75, 3.05) is 6.61 Å². The van der Waals surface area contributed by atoms with Crippen molar-refractivity contribution in [3.63, 3.8) is 0 Å². The van der Waals surface area contributed by atoms with Crippen LogP contribution in [0, 0.1) is 0 Å². The van der Waals surface area contributed by atoms with E-state index in [0.29, 0.717) is 0 Å². The molecule has 0 aromatic heterocycles. The van der Waals surface area contributed by atoms with Crippen molar-refractivity contribution in [1.29, 1.82) is 0 Å². The summed E-state index contributed by atoms with van der Waals surface area (Å²) in [6.07, 6.45) is 12.4. The van der Waals surface area contributed by atoms with Crippen LogP contribution in [0.15, 0.2) is 0 Å². The van der Waals surface area contributed by atoms with Crippen molar-refractivity contribution >= 4 is 0 Å². The smallest absolute Gasteiger partial charge is 0.0927 e. The van der Waals surface area contributed by atoms with Gasteiger partial charge in [-0.3, -0.25) is 0 Å². The third-order valence-electron chi connectivity index (χ3n) is 4.12. The van der Waals surface area contributed by atoms with Gasteiger partial charge in [0, 0.05) is 13.0 Å². The number of hydrogen-bond donors (Lipinski definition) is 1. The maximum atomic E-state index is 10.3. The zero-order valence-corrected chi connectivity index (χ0v) is 11.7. The Labute approximate surface area is 107 Å². The summed E-state index contributed by atoms with van der Waals surface area (Å²) in [6.45, 7) is 4.98. The molecule has 1 N–H and O–H groups in total. The van der Waals surface area contributed by atoms with Gasteiger partial charge in [-0.25, -0.2) is 0 Å². The summed E-state index contributed by atoms with van der Waals surface area (Å²) in [5, 5.41) is 10.3. The zero-order chi connectivity index (χ0) is 12.6. The molecule has 1 fully saturated rings. The molecule has 0 aromatic carbocycles. The van der Waals surface area contributed by atoms with Crippen LogP contribution in [0.25, 0.3) is 0 Å². The van der Waals surface area contributed by atoms with Gasteiger partial charge in [0.25, 0.3) is 0 Å². The summed E-state index contributed by atoms with van der Waals surface area (Å²) in [6, 6.07) is 0. The molecule has 0 aromatic rings. The Morgan fingerprint density at radius 2 is 1.65 bits per heavy atom. The van der Waals surface area contributed by atoms with Crippen LogP contribution in [0.4, 0.5) is 0 Å². The first-order chi connectivity index (χ1) is 8.19. The van der Waals surface area contributed by atoms with Crippen LogP contribution in [0.1, 0.15) is 78.1 Å². The van der Waals surface area contributed by atoms with Gasteiger partial charge in [0.05, 0.1) is 11.7 Å². The van der Waals surface area contributed by atoms with Crippen LogP contribution < -0.4 is 0 Å². The van der Waals surface area contributed by atoms with Gasteiger partial charge in [-0.2, -0.15) is 0 Å². The highest BCUT2D eigenvalue weighted by molar-refractivity contribution is 4.89. The maximum Gasteiger partial charge on any atom is 0.0927 e. The van der Waals surface area contributed by atoms with E-state index in [2.05, 4.69) is 6.92 Å². The van der Waals surface area contributed by atoms with Gasteiger partial charge in [0.2, 0.25) is 0 Å². The molecule has 0 aliphatic carbocycles. The summed E-state index contributed by atoms with van der Waals surface area (Å²) in [7, 11) is 0. The lowest BCUT2D eigenvalue weighted by Crippen LogP contribution is -2.35. The SMILES string of the molecule is CCCCCCCCCCC1(O)CCOC1C. The molecule has 2 nitrogen and oxygen atoms in total. The van der Waals surface area contributed by atoms with E-state index >= 15 is 0 Å². The molecule has 0 spiro atoms. The molecule has 2 unspecified atom stereocenters. The Morgan fingerprint density at radius 3 is 2.18 bits per heavy atom. The third kappa shape index (κ3) is 5.39. The zero-order valence-electron chi connectivity index (χ0n) is 11.7. The average molecular weight is 242 g/mol. The lowest BCUT2D eigenvalue weighted by Gasteiger charge is -2.25. The standard InChI is InChI=1S/C15H30O2/c1-3-4-5-6-7-8-9-10-11-15(16)12-13-17-14(15)2/h14,16H,3-13H2,1-2H3. The highest BCUT2D eigenvalue weighted by Crippen LogP contribution is 2.30. The lowest BCUT2D eigenvalue weighted by atomic mass is 9.90. The molecule has 1 aliphatic rings. The molecule has 0 amide bonds. The molecule has 102 valence electrons. The topological polar surface area (TPSA) is 29.5 Å². The molecule has 0 bridgehead atoms. The minimum Gasteiger partial charge on any atom is -0.387 e. The fourth-order valence-corrected chi connectivity index (χ4v) is 2.66. The molecule has 2 atom stereocenters. The van der Waals surface area contributed by atoms with Crippen molar-refractivity contribution in [3.8, 4) is 0 Å². The second-order valence-electron chi connectivity index (χ2n) is 5.59. The van der Waals surface area contributed by atoms with Gasteiger partial charge in [0.15, 0.2) is 0 Å². The van der Waals surface area contributed by atoms with E-state index in [-0.39, 0.29) is 6.10 Å².